The highest BCUT2D eigenvalue weighted by molar-refractivity contribution is 5.80. The van der Waals surface area contributed by atoms with E-state index in [1.54, 1.807) is 26.0 Å². The number of hydrogen-bond acceptors (Lipinski definition) is 4. The smallest absolute Gasteiger partial charge is 0.258 e. The molecule has 0 spiro atoms. The van der Waals surface area contributed by atoms with Gasteiger partial charge in [0.2, 0.25) is 5.91 Å². The van der Waals surface area contributed by atoms with Crippen molar-refractivity contribution in [1.29, 1.82) is 0 Å². The minimum Gasteiger partial charge on any atom is -0.484 e. The summed E-state index contributed by atoms with van der Waals surface area (Å²) in [7, 11) is 0. The highest BCUT2D eigenvalue weighted by Crippen LogP contribution is 2.12. The monoisotopic (exact) mass is 279 g/mol. The lowest BCUT2D eigenvalue weighted by atomic mass is 10.0. The molecule has 0 atom stereocenters. The van der Waals surface area contributed by atoms with Gasteiger partial charge in [0.05, 0.1) is 0 Å². The largest absolute Gasteiger partial charge is 0.484 e. The molecule has 0 aromatic heterocycles. The number of rotatable bonds is 7. The normalized spacial score (nSPS) is 10.9. The number of ether oxygens (including phenoxy) is 1. The van der Waals surface area contributed by atoms with Gasteiger partial charge in [0.25, 0.3) is 5.91 Å². The minimum absolute atomic E-state index is 0.0734. The van der Waals surface area contributed by atoms with Crippen LogP contribution in [0.5, 0.6) is 5.75 Å². The molecule has 0 saturated carbocycles. The van der Waals surface area contributed by atoms with Crippen molar-refractivity contribution in [2.75, 3.05) is 6.61 Å². The number of hydrogen-bond donors (Lipinski definition) is 3. The molecule has 5 N–H and O–H groups in total. The van der Waals surface area contributed by atoms with Gasteiger partial charge in [0.15, 0.2) is 6.61 Å². The van der Waals surface area contributed by atoms with E-state index >= 15 is 0 Å². The third-order valence-electron chi connectivity index (χ3n) is 2.62. The van der Waals surface area contributed by atoms with Gasteiger partial charge in [-0.3, -0.25) is 9.59 Å². The zero-order valence-electron chi connectivity index (χ0n) is 11.8. The van der Waals surface area contributed by atoms with Crippen LogP contribution in [0.4, 0.5) is 0 Å². The summed E-state index contributed by atoms with van der Waals surface area (Å²) in [5, 5.41) is 2.70. The Labute approximate surface area is 118 Å². The van der Waals surface area contributed by atoms with Gasteiger partial charge in [-0.25, -0.2) is 0 Å². The molecule has 0 aliphatic carbocycles. The average molecular weight is 279 g/mol. The summed E-state index contributed by atoms with van der Waals surface area (Å²) in [6.45, 7) is 3.80. The highest BCUT2D eigenvalue weighted by Gasteiger charge is 2.22. The lowest BCUT2D eigenvalue weighted by Crippen LogP contribution is -2.47. The molecule has 0 heterocycles. The fourth-order valence-electron chi connectivity index (χ4n) is 1.76. The topological polar surface area (TPSA) is 107 Å². The van der Waals surface area contributed by atoms with E-state index in [9.17, 15) is 9.59 Å². The first-order valence-corrected chi connectivity index (χ1v) is 6.33. The summed E-state index contributed by atoms with van der Waals surface area (Å²) in [5.41, 5.74) is 10.9. The third kappa shape index (κ3) is 5.71. The predicted octanol–water partition coefficient (Wildman–Crippen LogP) is 0.294. The van der Waals surface area contributed by atoms with Gasteiger partial charge in [0, 0.05) is 18.5 Å². The number of primary amides is 1. The van der Waals surface area contributed by atoms with Gasteiger partial charge in [-0.1, -0.05) is 12.1 Å². The molecule has 0 fully saturated rings. The quantitative estimate of drug-likeness (QED) is 0.667. The van der Waals surface area contributed by atoms with Crippen molar-refractivity contribution in [2.45, 2.75) is 32.4 Å². The Balaban J connectivity index is 2.44. The maximum absolute atomic E-state index is 11.7. The number of nitrogens with one attached hydrogen (secondary N) is 1. The van der Waals surface area contributed by atoms with E-state index in [1.807, 2.05) is 12.1 Å². The Bertz CT molecular complexity index is 469. The van der Waals surface area contributed by atoms with E-state index in [0.717, 1.165) is 5.56 Å². The van der Waals surface area contributed by atoms with Gasteiger partial charge >= 0.3 is 0 Å². The number of carbonyl (C=O) groups excluding carboxylic acids is 2. The molecule has 110 valence electrons. The summed E-state index contributed by atoms with van der Waals surface area (Å²) in [6.07, 6.45) is 0.0734. The van der Waals surface area contributed by atoms with Gasteiger partial charge < -0.3 is 21.5 Å². The lowest BCUT2D eigenvalue weighted by Gasteiger charge is -2.24. The fraction of sp³-hybridized carbons (Fsp3) is 0.429. The molecule has 0 radical (unpaired) electrons. The van der Waals surface area contributed by atoms with Crippen molar-refractivity contribution in [1.82, 2.24) is 5.32 Å². The van der Waals surface area contributed by atoms with E-state index in [4.69, 9.17) is 16.2 Å². The molecule has 0 aliphatic heterocycles. The average Bonchev–Trinajstić information content (AvgIpc) is 2.34. The maximum atomic E-state index is 11.7. The third-order valence-corrected chi connectivity index (χ3v) is 2.62. The van der Waals surface area contributed by atoms with Crippen LogP contribution in [0.3, 0.4) is 0 Å². The molecule has 1 aromatic carbocycles. The van der Waals surface area contributed by atoms with Crippen LogP contribution in [0.25, 0.3) is 0 Å². The molecule has 0 unspecified atom stereocenters. The molecule has 6 heteroatoms. The van der Waals surface area contributed by atoms with Crippen molar-refractivity contribution in [3.63, 3.8) is 0 Å². The van der Waals surface area contributed by atoms with Gasteiger partial charge in [-0.15, -0.1) is 0 Å². The molecule has 1 rings (SSSR count). The summed E-state index contributed by atoms with van der Waals surface area (Å²) >= 11 is 0. The fourth-order valence-corrected chi connectivity index (χ4v) is 1.76. The van der Waals surface area contributed by atoms with E-state index in [2.05, 4.69) is 5.32 Å². The molecular weight excluding hydrogens is 258 g/mol. The zero-order valence-corrected chi connectivity index (χ0v) is 11.8. The molecule has 1 aromatic rings. The molecule has 2 amide bonds. The van der Waals surface area contributed by atoms with Crippen molar-refractivity contribution < 1.29 is 14.3 Å². The van der Waals surface area contributed by atoms with Crippen molar-refractivity contribution >= 4 is 11.8 Å². The van der Waals surface area contributed by atoms with E-state index < -0.39 is 11.4 Å². The van der Waals surface area contributed by atoms with Crippen LogP contribution in [0.1, 0.15) is 25.8 Å². The Hall–Kier alpha value is -2.08. The second-order valence-corrected chi connectivity index (χ2v) is 5.21. The Morgan fingerprint density at radius 1 is 1.25 bits per heavy atom. The Kier molecular flexibility index (Phi) is 5.52. The predicted molar refractivity (Wildman–Crippen MR) is 75.9 cm³/mol. The number of amides is 2. The molecular formula is C14H21N3O3. The molecule has 0 bridgehead atoms. The number of benzene rings is 1. The highest BCUT2D eigenvalue weighted by atomic mass is 16.5. The van der Waals surface area contributed by atoms with Crippen LogP contribution in [0.2, 0.25) is 0 Å². The van der Waals surface area contributed by atoms with E-state index in [0.29, 0.717) is 12.3 Å². The first kappa shape index (κ1) is 16.0. The van der Waals surface area contributed by atoms with E-state index in [-0.39, 0.29) is 18.9 Å². The summed E-state index contributed by atoms with van der Waals surface area (Å²) in [6, 6.07) is 7.18. The SMILES string of the molecule is CC(C)(CC(N)=O)NC(=O)COc1ccc(CN)cc1. The molecule has 6 nitrogen and oxygen atoms in total. The zero-order chi connectivity index (χ0) is 15.2. The van der Waals surface area contributed by atoms with Crippen LogP contribution < -0.4 is 21.5 Å². The van der Waals surface area contributed by atoms with Gasteiger partial charge in [-0.05, 0) is 31.5 Å². The number of nitrogens with two attached hydrogens (primary N) is 2. The first-order valence-electron chi connectivity index (χ1n) is 6.33. The van der Waals surface area contributed by atoms with Crippen LogP contribution in [0.15, 0.2) is 24.3 Å². The second kappa shape index (κ2) is 6.91. The Morgan fingerprint density at radius 3 is 2.35 bits per heavy atom. The summed E-state index contributed by atoms with van der Waals surface area (Å²) < 4.78 is 5.35. The summed E-state index contributed by atoms with van der Waals surface area (Å²) in [5.74, 6) is -0.183. The van der Waals surface area contributed by atoms with E-state index in [1.165, 1.54) is 0 Å². The van der Waals surface area contributed by atoms with Crippen molar-refractivity contribution in [2.24, 2.45) is 11.5 Å². The number of carbonyl (C=O) groups is 2. The Morgan fingerprint density at radius 2 is 1.85 bits per heavy atom. The summed E-state index contributed by atoms with van der Waals surface area (Å²) in [4.78, 5) is 22.6. The molecule has 0 saturated heterocycles. The molecule has 0 aliphatic rings. The maximum Gasteiger partial charge on any atom is 0.258 e. The van der Waals surface area contributed by atoms with Crippen molar-refractivity contribution in [3.8, 4) is 5.75 Å². The van der Waals surface area contributed by atoms with Crippen molar-refractivity contribution in [3.05, 3.63) is 29.8 Å². The van der Waals surface area contributed by atoms with Gasteiger partial charge in [-0.2, -0.15) is 0 Å². The first-order chi connectivity index (χ1) is 9.32. The lowest BCUT2D eigenvalue weighted by molar-refractivity contribution is -0.125. The second-order valence-electron chi connectivity index (χ2n) is 5.21. The van der Waals surface area contributed by atoms with Crippen LogP contribution >= 0.6 is 0 Å². The molecule has 20 heavy (non-hydrogen) atoms. The van der Waals surface area contributed by atoms with Crippen LogP contribution in [-0.4, -0.2) is 24.0 Å². The van der Waals surface area contributed by atoms with Crippen LogP contribution in [0, 0.1) is 0 Å². The van der Waals surface area contributed by atoms with Crippen LogP contribution in [-0.2, 0) is 16.1 Å². The standard InChI is InChI=1S/C14H21N3O3/c1-14(2,7-12(16)18)17-13(19)9-20-11-5-3-10(8-15)4-6-11/h3-6H,7-9,15H2,1-2H3,(H2,16,18)(H,17,19). The minimum atomic E-state index is -0.685. The van der Waals surface area contributed by atoms with Gasteiger partial charge in [0.1, 0.15) is 5.75 Å².